The molecule has 1 amide bonds. The predicted octanol–water partition coefficient (Wildman–Crippen LogP) is 0.938. The fourth-order valence-electron chi connectivity index (χ4n) is 2.12. The van der Waals surface area contributed by atoms with Gasteiger partial charge in [-0.1, -0.05) is 12.1 Å². The molecule has 1 atom stereocenters. The molecule has 1 unspecified atom stereocenters. The Hall–Kier alpha value is -2.25. The minimum absolute atomic E-state index is 0.192. The molecule has 0 aliphatic carbocycles. The van der Waals surface area contributed by atoms with Crippen LogP contribution < -0.4 is 10.6 Å². The quantitative estimate of drug-likeness (QED) is 0.883. The third-order valence-corrected chi connectivity index (χ3v) is 3.19. The highest BCUT2D eigenvalue weighted by atomic mass is 19.1. The molecule has 6 nitrogen and oxygen atoms in total. The molecule has 1 aliphatic rings. The van der Waals surface area contributed by atoms with Gasteiger partial charge in [-0.2, -0.15) is 5.10 Å². The number of anilines is 1. The largest absolute Gasteiger partial charge is 0.378 e. The molecule has 2 aromatic rings. The van der Waals surface area contributed by atoms with E-state index in [-0.39, 0.29) is 17.8 Å². The number of morpholine rings is 1. The molecule has 1 aromatic carbocycles. The molecule has 1 fully saturated rings. The minimum Gasteiger partial charge on any atom is -0.378 e. The van der Waals surface area contributed by atoms with Crippen LogP contribution in [0, 0.1) is 5.82 Å². The molecule has 0 saturated carbocycles. The number of halogens is 1. The maximum atomic E-state index is 13.7. The molecular formula is C14H15FN4O2. The van der Waals surface area contributed by atoms with Crippen LogP contribution in [-0.4, -0.2) is 41.5 Å². The van der Waals surface area contributed by atoms with Gasteiger partial charge in [-0.25, -0.2) is 9.07 Å². The maximum Gasteiger partial charge on any atom is 0.243 e. The number of carbonyl (C=O) groups excluding carboxylic acids is 1. The number of aromatic nitrogens is 2. The van der Waals surface area contributed by atoms with Crippen molar-refractivity contribution in [3.8, 4) is 5.69 Å². The molecule has 0 bridgehead atoms. The second-order valence-corrected chi connectivity index (χ2v) is 4.70. The molecule has 0 spiro atoms. The van der Waals surface area contributed by atoms with E-state index in [9.17, 15) is 9.18 Å². The van der Waals surface area contributed by atoms with Crippen molar-refractivity contribution in [1.29, 1.82) is 0 Å². The second-order valence-electron chi connectivity index (χ2n) is 4.70. The van der Waals surface area contributed by atoms with Crippen LogP contribution in [0.1, 0.15) is 0 Å². The summed E-state index contributed by atoms with van der Waals surface area (Å²) in [5.74, 6) is -0.566. The summed E-state index contributed by atoms with van der Waals surface area (Å²) in [5.41, 5.74) is 0.841. The first kappa shape index (κ1) is 13.7. The normalized spacial score (nSPS) is 18.4. The number of amides is 1. The van der Waals surface area contributed by atoms with Crippen LogP contribution in [0.5, 0.6) is 0 Å². The van der Waals surface area contributed by atoms with Crippen molar-refractivity contribution in [3.63, 3.8) is 0 Å². The van der Waals surface area contributed by atoms with E-state index < -0.39 is 0 Å². The highest BCUT2D eigenvalue weighted by molar-refractivity contribution is 5.94. The Labute approximate surface area is 120 Å². The molecule has 7 heteroatoms. The Balaban J connectivity index is 1.70. The van der Waals surface area contributed by atoms with Gasteiger partial charge < -0.3 is 15.4 Å². The zero-order chi connectivity index (χ0) is 14.7. The predicted molar refractivity (Wildman–Crippen MR) is 74.8 cm³/mol. The molecule has 0 radical (unpaired) electrons. The summed E-state index contributed by atoms with van der Waals surface area (Å²) in [7, 11) is 0. The summed E-state index contributed by atoms with van der Waals surface area (Å²) >= 11 is 0. The number of nitrogens with one attached hydrogen (secondary N) is 2. The van der Waals surface area contributed by atoms with E-state index in [1.165, 1.54) is 16.9 Å². The lowest BCUT2D eigenvalue weighted by molar-refractivity contribution is -0.120. The van der Waals surface area contributed by atoms with Crippen LogP contribution in [0.3, 0.4) is 0 Å². The molecule has 1 aromatic heterocycles. The third-order valence-electron chi connectivity index (χ3n) is 3.19. The summed E-state index contributed by atoms with van der Waals surface area (Å²) in [5, 5.41) is 9.85. The number of ether oxygens (including phenoxy) is 1. The zero-order valence-corrected chi connectivity index (χ0v) is 11.3. The molecule has 2 heterocycles. The number of hydrogen-bond donors (Lipinski definition) is 2. The topological polar surface area (TPSA) is 68.2 Å². The second kappa shape index (κ2) is 6.02. The van der Waals surface area contributed by atoms with Crippen molar-refractivity contribution >= 4 is 11.6 Å². The lowest BCUT2D eigenvalue weighted by Crippen LogP contribution is -2.48. The fourth-order valence-corrected chi connectivity index (χ4v) is 2.12. The van der Waals surface area contributed by atoms with Crippen LogP contribution >= 0.6 is 0 Å². The smallest absolute Gasteiger partial charge is 0.243 e. The number of benzene rings is 1. The minimum atomic E-state index is -0.379. The first-order valence-electron chi connectivity index (χ1n) is 6.65. The molecule has 1 aliphatic heterocycles. The summed E-state index contributed by atoms with van der Waals surface area (Å²) < 4.78 is 20.3. The van der Waals surface area contributed by atoms with Gasteiger partial charge in [-0.05, 0) is 12.1 Å². The molecule has 1 saturated heterocycles. The molecule has 110 valence electrons. The van der Waals surface area contributed by atoms with Crippen molar-refractivity contribution in [2.75, 3.05) is 25.1 Å². The highest BCUT2D eigenvalue weighted by Crippen LogP contribution is 2.15. The molecular weight excluding hydrogens is 275 g/mol. The van der Waals surface area contributed by atoms with Gasteiger partial charge in [0, 0.05) is 6.54 Å². The number of para-hydroxylation sites is 1. The Kier molecular flexibility index (Phi) is 3.94. The van der Waals surface area contributed by atoms with Crippen molar-refractivity contribution in [1.82, 2.24) is 15.1 Å². The third kappa shape index (κ3) is 3.09. The molecule has 21 heavy (non-hydrogen) atoms. The summed E-state index contributed by atoms with van der Waals surface area (Å²) in [6.45, 7) is 1.59. The van der Waals surface area contributed by atoms with Gasteiger partial charge in [0.1, 0.15) is 17.5 Å². The molecule has 2 N–H and O–H groups in total. The van der Waals surface area contributed by atoms with E-state index >= 15 is 0 Å². The van der Waals surface area contributed by atoms with Crippen LogP contribution in [0.25, 0.3) is 5.69 Å². The average Bonchev–Trinajstić information content (AvgIpc) is 2.97. The van der Waals surface area contributed by atoms with E-state index in [1.54, 1.807) is 24.4 Å². The van der Waals surface area contributed by atoms with Crippen LogP contribution in [0.4, 0.5) is 10.1 Å². The first-order valence-corrected chi connectivity index (χ1v) is 6.65. The van der Waals surface area contributed by atoms with Gasteiger partial charge in [-0.3, -0.25) is 4.79 Å². The SMILES string of the molecule is O=C(Nc1cnn(-c2ccccc2F)c1)C1COCCN1. The van der Waals surface area contributed by atoms with Gasteiger partial charge in [0.05, 0.1) is 31.3 Å². The Morgan fingerprint density at radius 2 is 2.33 bits per heavy atom. The van der Waals surface area contributed by atoms with Crippen molar-refractivity contribution in [2.24, 2.45) is 0 Å². The van der Waals surface area contributed by atoms with Gasteiger partial charge >= 0.3 is 0 Å². The van der Waals surface area contributed by atoms with E-state index in [0.29, 0.717) is 31.1 Å². The summed E-state index contributed by atoms with van der Waals surface area (Å²) in [6.07, 6.45) is 3.05. The van der Waals surface area contributed by atoms with Gasteiger partial charge in [-0.15, -0.1) is 0 Å². The number of rotatable bonds is 3. The van der Waals surface area contributed by atoms with Crippen molar-refractivity contribution < 1.29 is 13.9 Å². The van der Waals surface area contributed by atoms with E-state index in [0.717, 1.165) is 0 Å². The van der Waals surface area contributed by atoms with Crippen molar-refractivity contribution in [3.05, 3.63) is 42.5 Å². The van der Waals surface area contributed by atoms with Crippen LogP contribution in [0.2, 0.25) is 0 Å². The zero-order valence-electron chi connectivity index (χ0n) is 11.3. The van der Waals surface area contributed by atoms with Gasteiger partial charge in [0.25, 0.3) is 0 Å². The number of hydrogen-bond acceptors (Lipinski definition) is 4. The number of nitrogens with zero attached hydrogens (tertiary/aromatic N) is 2. The standard InChI is InChI=1S/C14H15FN4O2/c15-11-3-1-2-4-13(11)19-8-10(7-17-19)18-14(20)12-9-21-6-5-16-12/h1-4,7-8,12,16H,5-6,9H2,(H,18,20). The average molecular weight is 290 g/mol. The Morgan fingerprint density at radius 1 is 1.48 bits per heavy atom. The van der Waals surface area contributed by atoms with Crippen LogP contribution in [0.15, 0.2) is 36.7 Å². The maximum absolute atomic E-state index is 13.7. The first-order chi connectivity index (χ1) is 10.2. The highest BCUT2D eigenvalue weighted by Gasteiger charge is 2.21. The number of carbonyl (C=O) groups is 1. The van der Waals surface area contributed by atoms with Crippen molar-refractivity contribution in [2.45, 2.75) is 6.04 Å². The molecule has 3 rings (SSSR count). The van der Waals surface area contributed by atoms with Crippen LogP contribution in [-0.2, 0) is 9.53 Å². The van der Waals surface area contributed by atoms with E-state index in [2.05, 4.69) is 15.7 Å². The lowest BCUT2D eigenvalue weighted by atomic mass is 10.2. The Morgan fingerprint density at radius 3 is 3.10 bits per heavy atom. The van der Waals surface area contributed by atoms with Gasteiger partial charge in [0.15, 0.2) is 0 Å². The Bertz CT molecular complexity index is 637. The van der Waals surface area contributed by atoms with E-state index in [4.69, 9.17) is 4.74 Å². The summed E-state index contributed by atoms with van der Waals surface area (Å²) in [4.78, 5) is 12.0. The van der Waals surface area contributed by atoms with E-state index in [1.807, 2.05) is 0 Å². The van der Waals surface area contributed by atoms with Gasteiger partial charge in [0.2, 0.25) is 5.91 Å². The monoisotopic (exact) mass is 290 g/mol. The fraction of sp³-hybridized carbons (Fsp3) is 0.286. The lowest BCUT2D eigenvalue weighted by Gasteiger charge is -2.22. The summed E-state index contributed by atoms with van der Waals surface area (Å²) in [6, 6.07) is 5.93.